The molecule has 0 saturated carbocycles. The van der Waals surface area contributed by atoms with Gasteiger partial charge < -0.3 is 9.84 Å². The molecule has 1 N–H and O–H groups in total. The van der Waals surface area contributed by atoms with Crippen LogP contribution in [0, 0.1) is 0 Å². The molecule has 1 aliphatic heterocycles. The summed E-state index contributed by atoms with van der Waals surface area (Å²) >= 11 is 0. The van der Waals surface area contributed by atoms with Crippen molar-refractivity contribution in [3.05, 3.63) is 18.0 Å². The summed E-state index contributed by atoms with van der Waals surface area (Å²) in [6.07, 6.45) is 4.65. The minimum Gasteiger partial charge on any atom is -0.468 e. The SMILES string of the molecule is CCn1cc(CN2CCC[C@H](O)[C@H]2C(=O)OC)cn1. The summed E-state index contributed by atoms with van der Waals surface area (Å²) in [5.41, 5.74) is 1.05. The second-order valence-corrected chi connectivity index (χ2v) is 4.85. The molecule has 19 heavy (non-hydrogen) atoms. The lowest BCUT2D eigenvalue weighted by Gasteiger charge is -2.36. The number of carbonyl (C=O) groups excluding carboxylic acids is 1. The number of nitrogens with zero attached hydrogens (tertiary/aromatic N) is 3. The van der Waals surface area contributed by atoms with E-state index in [-0.39, 0.29) is 5.97 Å². The molecular formula is C13H21N3O3. The molecule has 0 radical (unpaired) electrons. The number of likely N-dealkylation sites (tertiary alicyclic amines) is 1. The van der Waals surface area contributed by atoms with Gasteiger partial charge in [-0.2, -0.15) is 5.10 Å². The van der Waals surface area contributed by atoms with E-state index in [9.17, 15) is 9.90 Å². The van der Waals surface area contributed by atoms with Gasteiger partial charge in [-0.15, -0.1) is 0 Å². The van der Waals surface area contributed by atoms with E-state index in [1.165, 1.54) is 7.11 Å². The number of piperidine rings is 1. The third-order valence-corrected chi connectivity index (χ3v) is 3.54. The van der Waals surface area contributed by atoms with Crippen molar-refractivity contribution in [2.24, 2.45) is 0 Å². The van der Waals surface area contributed by atoms with E-state index in [1.54, 1.807) is 6.20 Å². The van der Waals surface area contributed by atoms with Crippen LogP contribution in [0.3, 0.4) is 0 Å². The molecule has 1 aromatic heterocycles. The maximum atomic E-state index is 11.8. The first-order valence-electron chi connectivity index (χ1n) is 6.67. The van der Waals surface area contributed by atoms with E-state index >= 15 is 0 Å². The van der Waals surface area contributed by atoms with Gasteiger partial charge in [0.05, 0.1) is 19.4 Å². The fraction of sp³-hybridized carbons (Fsp3) is 0.692. The number of hydrogen-bond acceptors (Lipinski definition) is 5. The number of esters is 1. The molecule has 1 aliphatic rings. The molecule has 0 aromatic carbocycles. The van der Waals surface area contributed by atoms with Crippen LogP contribution in [-0.2, 0) is 22.6 Å². The number of aliphatic hydroxyl groups excluding tert-OH is 1. The van der Waals surface area contributed by atoms with Gasteiger partial charge in [-0.05, 0) is 26.3 Å². The summed E-state index contributed by atoms with van der Waals surface area (Å²) in [6, 6.07) is -0.566. The molecule has 1 aromatic rings. The number of carbonyl (C=O) groups is 1. The fourth-order valence-electron chi connectivity index (χ4n) is 2.54. The lowest BCUT2D eigenvalue weighted by molar-refractivity contribution is -0.154. The Morgan fingerprint density at radius 2 is 2.42 bits per heavy atom. The molecule has 0 bridgehead atoms. The van der Waals surface area contributed by atoms with Crippen LogP contribution in [0.1, 0.15) is 25.3 Å². The van der Waals surface area contributed by atoms with Gasteiger partial charge in [-0.3, -0.25) is 14.4 Å². The maximum absolute atomic E-state index is 11.8. The number of rotatable bonds is 4. The second kappa shape index (κ2) is 6.16. The highest BCUT2D eigenvalue weighted by atomic mass is 16.5. The van der Waals surface area contributed by atoms with Gasteiger partial charge in [0.15, 0.2) is 0 Å². The Hall–Kier alpha value is -1.40. The van der Waals surface area contributed by atoms with Crippen molar-refractivity contribution in [3.63, 3.8) is 0 Å². The van der Waals surface area contributed by atoms with E-state index in [2.05, 4.69) is 5.10 Å². The van der Waals surface area contributed by atoms with E-state index < -0.39 is 12.1 Å². The molecule has 0 spiro atoms. The molecule has 0 unspecified atom stereocenters. The van der Waals surface area contributed by atoms with Crippen molar-refractivity contribution in [1.82, 2.24) is 14.7 Å². The number of aromatic nitrogens is 2. The number of aliphatic hydroxyl groups is 1. The first-order chi connectivity index (χ1) is 9.15. The number of methoxy groups -OCH3 is 1. The number of hydrogen-bond donors (Lipinski definition) is 1. The van der Waals surface area contributed by atoms with Crippen molar-refractivity contribution in [3.8, 4) is 0 Å². The highest BCUT2D eigenvalue weighted by Crippen LogP contribution is 2.21. The summed E-state index contributed by atoms with van der Waals surface area (Å²) in [7, 11) is 1.36. The Morgan fingerprint density at radius 1 is 1.63 bits per heavy atom. The van der Waals surface area contributed by atoms with E-state index in [4.69, 9.17) is 4.74 Å². The fourth-order valence-corrected chi connectivity index (χ4v) is 2.54. The highest BCUT2D eigenvalue weighted by molar-refractivity contribution is 5.76. The summed E-state index contributed by atoms with van der Waals surface area (Å²) in [5.74, 6) is -0.366. The van der Waals surface area contributed by atoms with Gasteiger partial charge in [0.25, 0.3) is 0 Å². The third kappa shape index (κ3) is 3.13. The molecular weight excluding hydrogens is 246 g/mol. The Morgan fingerprint density at radius 3 is 3.05 bits per heavy atom. The van der Waals surface area contributed by atoms with Crippen LogP contribution in [0.2, 0.25) is 0 Å². The van der Waals surface area contributed by atoms with Crippen molar-refractivity contribution in [2.75, 3.05) is 13.7 Å². The molecule has 106 valence electrons. The molecule has 0 aliphatic carbocycles. The Labute approximate surface area is 113 Å². The van der Waals surface area contributed by atoms with Gasteiger partial charge in [-0.1, -0.05) is 0 Å². The lowest BCUT2D eigenvalue weighted by atomic mass is 9.98. The van der Waals surface area contributed by atoms with Gasteiger partial charge >= 0.3 is 5.97 Å². The molecule has 2 heterocycles. The van der Waals surface area contributed by atoms with E-state index in [0.717, 1.165) is 25.1 Å². The van der Waals surface area contributed by atoms with Crippen LogP contribution in [0.5, 0.6) is 0 Å². The van der Waals surface area contributed by atoms with Crippen LogP contribution < -0.4 is 0 Å². The smallest absolute Gasteiger partial charge is 0.325 e. The van der Waals surface area contributed by atoms with Crippen molar-refractivity contribution in [2.45, 2.75) is 45.0 Å². The molecule has 6 heteroatoms. The zero-order valence-corrected chi connectivity index (χ0v) is 11.5. The summed E-state index contributed by atoms with van der Waals surface area (Å²) in [5, 5.41) is 14.2. The van der Waals surface area contributed by atoms with Crippen LogP contribution in [0.25, 0.3) is 0 Å². The molecule has 6 nitrogen and oxygen atoms in total. The minimum atomic E-state index is -0.651. The highest BCUT2D eigenvalue weighted by Gasteiger charge is 2.36. The number of aryl methyl sites for hydroxylation is 1. The normalized spacial score (nSPS) is 24.4. The summed E-state index contributed by atoms with van der Waals surface area (Å²) in [4.78, 5) is 13.8. The predicted octanol–water partition coefficient (Wildman–Crippen LogP) is 0.401. The largest absolute Gasteiger partial charge is 0.468 e. The molecule has 2 rings (SSSR count). The first-order valence-corrected chi connectivity index (χ1v) is 6.67. The van der Waals surface area contributed by atoms with Crippen molar-refractivity contribution in [1.29, 1.82) is 0 Å². The monoisotopic (exact) mass is 267 g/mol. The van der Waals surface area contributed by atoms with Gasteiger partial charge in [0, 0.05) is 24.8 Å². The average molecular weight is 267 g/mol. The molecule has 2 atom stereocenters. The Bertz CT molecular complexity index is 433. The van der Waals surface area contributed by atoms with E-state index in [0.29, 0.717) is 13.0 Å². The van der Waals surface area contributed by atoms with Crippen molar-refractivity contribution < 1.29 is 14.6 Å². The van der Waals surface area contributed by atoms with Crippen LogP contribution in [-0.4, -0.2) is 51.6 Å². The summed E-state index contributed by atoms with van der Waals surface area (Å²) in [6.45, 7) is 4.24. The Kier molecular flexibility index (Phi) is 4.55. The second-order valence-electron chi connectivity index (χ2n) is 4.85. The molecule has 1 fully saturated rings. The van der Waals surface area contributed by atoms with Gasteiger partial charge in [0.1, 0.15) is 6.04 Å². The zero-order chi connectivity index (χ0) is 13.8. The standard InChI is InChI=1S/C13H21N3O3/c1-3-16-9-10(7-14-16)8-15-6-4-5-11(17)12(15)13(18)19-2/h7,9,11-12,17H,3-6,8H2,1-2H3/t11-,12-/m0/s1. The summed E-state index contributed by atoms with van der Waals surface area (Å²) < 4.78 is 6.64. The van der Waals surface area contributed by atoms with E-state index in [1.807, 2.05) is 22.7 Å². The predicted molar refractivity (Wildman–Crippen MR) is 69.4 cm³/mol. The lowest BCUT2D eigenvalue weighted by Crippen LogP contribution is -2.52. The number of ether oxygens (including phenoxy) is 1. The zero-order valence-electron chi connectivity index (χ0n) is 11.5. The molecule has 0 amide bonds. The maximum Gasteiger partial charge on any atom is 0.325 e. The quantitative estimate of drug-likeness (QED) is 0.800. The minimum absolute atomic E-state index is 0.366. The average Bonchev–Trinajstić information content (AvgIpc) is 2.86. The van der Waals surface area contributed by atoms with Crippen LogP contribution in [0.4, 0.5) is 0 Å². The third-order valence-electron chi connectivity index (χ3n) is 3.54. The van der Waals surface area contributed by atoms with Gasteiger partial charge in [0.2, 0.25) is 0 Å². The topological polar surface area (TPSA) is 67.6 Å². The van der Waals surface area contributed by atoms with Gasteiger partial charge in [-0.25, -0.2) is 0 Å². The molecule has 1 saturated heterocycles. The first kappa shape index (κ1) is 14.0. The van der Waals surface area contributed by atoms with Crippen LogP contribution >= 0.6 is 0 Å². The van der Waals surface area contributed by atoms with Crippen molar-refractivity contribution >= 4 is 5.97 Å². The van der Waals surface area contributed by atoms with Crippen LogP contribution in [0.15, 0.2) is 12.4 Å². The Balaban J connectivity index is 2.09.